The van der Waals surface area contributed by atoms with Gasteiger partial charge in [0.1, 0.15) is 18.2 Å². The fourth-order valence-electron chi connectivity index (χ4n) is 1.77. The highest BCUT2D eigenvalue weighted by molar-refractivity contribution is 14.1. The van der Waals surface area contributed by atoms with E-state index in [1.54, 1.807) is 18.3 Å². The van der Waals surface area contributed by atoms with Crippen molar-refractivity contribution in [1.82, 2.24) is 15.0 Å². The molecule has 3 aromatic rings. The molecule has 6 heteroatoms. The van der Waals surface area contributed by atoms with Gasteiger partial charge in [0.2, 0.25) is 0 Å². The quantitative estimate of drug-likeness (QED) is 0.711. The maximum absolute atomic E-state index is 11.9. The van der Waals surface area contributed by atoms with E-state index in [-0.39, 0.29) is 12.2 Å². The Morgan fingerprint density at radius 3 is 2.80 bits per heavy atom. The Labute approximate surface area is 128 Å². The molecule has 0 radical (unpaired) electrons. The maximum atomic E-state index is 11.9. The van der Waals surface area contributed by atoms with E-state index in [1.807, 2.05) is 24.3 Å². The molecule has 1 aromatic carbocycles. The lowest BCUT2D eigenvalue weighted by atomic mass is 10.3. The number of nitrogens with zero attached hydrogens (tertiary/aromatic N) is 2. The molecule has 20 heavy (non-hydrogen) atoms. The molecule has 0 saturated carbocycles. The molecule has 5 nitrogen and oxygen atoms in total. The van der Waals surface area contributed by atoms with Crippen molar-refractivity contribution in [2.24, 2.45) is 0 Å². The number of hydrogen-bond acceptors (Lipinski definition) is 4. The molecule has 0 amide bonds. The van der Waals surface area contributed by atoms with E-state index in [9.17, 15) is 4.79 Å². The van der Waals surface area contributed by atoms with Crippen LogP contribution in [0, 0.1) is 3.57 Å². The summed E-state index contributed by atoms with van der Waals surface area (Å²) in [7, 11) is 0. The SMILES string of the molecule is O=c1[nH]c(COc2ccc(I)cc2)nc2ncccc12. The molecule has 0 aliphatic rings. The van der Waals surface area contributed by atoms with Crippen LogP contribution < -0.4 is 10.3 Å². The number of H-pyrrole nitrogens is 1. The Hall–Kier alpha value is -1.96. The van der Waals surface area contributed by atoms with Gasteiger partial charge in [-0.15, -0.1) is 0 Å². The fraction of sp³-hybridized carbons (Fsp3) is 0.0714. The van der Waals surface area contributed by atoms with Gasteiger partial charge < -0.3 is 9.72 Å². The lowest BCUT2D eigenvalue weighted by Crippen LogP contribution is -2.14. The van der Waals surface area contributed by atoms with Crippen LogP contribution in [0.5, 0.6) is 5.75 Å². The van der Waals surface area contributed by atoms with Crippen molar-refractivity contribution < 1.29 is 4.74 Å². The van der Waals surface area contributed by atoms with Crippen molar-refractivity contribution >= 4 is 33.6 Å². The summed E-state index contributed by atoms with van der Waals surface area (Å²) in [5.41, 5.74) is 0.224. The first-order valence-electron chi connectivity index (χ1n) is 5.95. The molecule has 100 valence electrons. The Balaban J connectivity index is 1.84. The second-order valence-corrected chi connectivity index (χ2v) is 5.38. The molecule has 0 fully saturated rings. The van der Waals surface area contributed by atoms with Crippen LogP contribution in [0.1, 0.15) is 5.82 Å². The number of rotatable bonds is 3. The standard InChI is InChI=1S/C14H10IN3O2/c15-9-3-5-10(6-4-9)20-8-12-17-13-11(14(19)18-12)2-1-7-16-13/h1-7H,8H2,(H,16,17,18,19). The van der Waals surface area contributed by atoms with Crippen molar-refractivity contribution in [1.29, 1.82) is 0 Å². The normalized spacial score (nSPS) is 10.7. The van der Waals surface area contributed by atoms with Crippen molar-refractivity contribution in [3.05, 3.63) is 62.3 Å². The zero-order valence-corrected chi connectivity index (χ0v) is 12.5. The minimum absolute atomic E-state index is 0.197. The first kappa shape index (κ1) is 13.0. The molecule has 0 atom stereocenters. The minimum atomic E-state index is -0.204. The number of nitrogens with one attached hydrogen (secondary N) is 1. The van der Waals surface area contributed by atoms with E-state index in [2.05, 4.69) is 37.5 Å². The summed E-state index contributed by atoms with van der Waals surface area (Å²) in [6.45, 7) is 0.197. The fourth-order valence-corrected chi connectivity index (χ4v) is 2.13. The van der Waals surface area contributed by atoms with E-state index < -0.39 is 0 Å². The van der Waals surface area contributed by atoms with Crippen LogP contribution in [-0.2, 0) is 6.61 Å². The third-order valence-corrected chi connectivity index (χ3v) is 3.44. The number of aromatic amines is 1. The van der Waals surface area contributed by atoms with Gasteiger partial charge >= 0.3 is 0 Å². The number of benzene rings is 1. The number of halogens is 1. The molecule has 2 aromatic heterocycles. The van der Waals surface area contributed by atoms with Gasteiger partial charge in [0, 0.05) is 9.77 Å². The molecule has 1 N–H and O–H groups in total. The Morgan fingerprint density at radius 2 is 2.00 bits per heavy atom. The van der Waals surface area contributed by atoms with Gasteiger partial charge in [-0.1, -0.05) is 0 Å². The van der Waals surface area contributed by atoms with Gasteiger partial charge in [-0.05, 0) is 59.0 Å². The summed E-state index contributed by atoms with van der Waals surface area (Å²) in [4.78, 5) is 22.9. The third kappa shape index (κ3) is 2.79. The van der Waals surface area contributed by atoms with Gasteiger partial charge in [0.25, 0.3) is 5.56 Å². The average Bonchev–Trinajstić information content (AvgIpc) is 2.47. The zero-order valence-electron chi connectivity index (χ0n) is 10.3. The molecular weight excluding hydrogens is 369 g/mol. The van der Waals surface area contributed by atoms with Gasteiger partial charge in [0.15, 0.2) is 5.65 Å². The van der Waals surface area contributed by atoms with Crippen LogP contribution in [0.15, 0.2) is 47.4 Å². The lowest BCUT2D eigenvalue weighted by Gasteiger charge is -2.06. The van der Waals surface area contributed by atoms with E-state index in [0.29, 0.717) is 16.9 Å². The van der Waals surface area contributed by atoms with E-state index in [4.69, 9.17) is 4.74 Å². The summed E-state index contributed by atoms with van der Waals surface area (Å²) in [5, 5.41) is 0.477. The van der Waals surface area contributed by atoms with Crippen LogP contribution in [-0.4, -0.2) is 15.0 Å². The predicted molar refractivity (Wildman–Crippen MR) is 83.6 cm³/mol. The summed E-state index contributed by atoms with van der Waals surface area (Å²) < 4.78 is 6.72. The summed E-state index contributed by atoms with van der Waals surface area (Å²) in [6, 6.07) is 11.1. The molecule has 0 aliphatic carbocycles. The first-order valence-corrected chi connectivity index (χ1v) is 7.02. The van der Waals surface area contributed by atoms with Gasteiger partial charge in [0.05, 0.1) is 5.39 Å². The van der Waals surface area contributed by atoms with E-state index >= 15 is 0 Å². The summed E-state index contributed by atoms with van der Waals surface area (Å²) >= 11 is 2.23. The molecule has 2 heterocycles. The largest absolute Gasteiger partial charge is 0.486 e. The van der Waals surface area contributed by atoms with Crippen molar-refractivity contribution in [3.63, 3.8) is 0 Å². The molecule has 0 spiro atoms. The predicted octanol–water partition coefficient (Wildman–Crippen LogP) is 2.50. The van der Waals surface area contributed by atoms with Gasteiger partial charge in [-0.2, -0.15) is 0 Å². The van der Waals surface area contributed by atoms with Crippen molar-refractivity contribution in [3.8, 4) is 5.75 Å². The minimum Gasteiger partial charge on any atom is -0.486 e. The third-order valence-electron chi connectivity index (χ3n) is 2.72. The topological polar surface area (TPSA) is 67.9 Å². The monoisotopic (exact) mass is 379 g/mol. The molecule has 0 unspecified atom stereocenters. The number of pyridine rings is 1. The second kappa shape index (κ2) is 5.58. The van der Waals surface area contributed by atoms with Gasteiger partial charge in [-0.25, -0.2) is 9.97 Å². The number of ether oxygens (including phenoxy) is 1. The van der Waals surface area contributed by atoms with E-state index in [1.165, 1.54) is 0 Å². The summed E-state index contributed by atoms with van der Waals surface area (Å²) in [6.07, 6.45) is 1.61. The smallest absolute Gasteiger partial charge is 0.260 e. The van der Waals surface area contributed by atoms with Crippen LogP contribution >= 0.6 is 22.6 Å². The highest BCUT2D eigenvalue weighted by Gasteiger charge is 2.04. The van der Waals surface area contributed by atoms with Crippen LogP contribution in [0.2, 0.25) is 0 Å². The number of aromatic nitrogens is 3. The molecule has 3 rings (SSSR count). The molecule has 0 bridgehead atoms. The molecule has 0 saturated heterocycles. The van der Waals surface area contributed by atoms with Crippen molar-refractivity contribution in [2.45, 2.75) is 6.61 Å². The number of fused-ring (bicyclic) bond motifs is 1. The highest BCUT2D eigenvalue weighted by Crippen LogP contribution is 2.14. The van der Waals surface area contributed by atoms with E-state index in [0.717, 1.165) is 9.32 Å². The Bertz CT molecular complexity index is 799. The van der Waals surface area contributed by atoms with Crippen molar-refractivity contribution in [2.75, 3.05) is 0 Å². The Kier molecular flexibility index (Phi) is 3.64. The molecule has 0 aliphatic heterocycles. The number of hydrogen-bond donors (Lipinski definition) is 1. The zero-order chi connectivity index (χ0) is 13.9. The molecular formula is C14H10IN3O2. The average molecular weight is 379 g/mol. The second-order valence-electron chi connectivity index (χ2n) is 4.13. The Morgan fingerprint density at radius 1 is 1.20 bits per heavy atom. The van der Waals surface area contributed by atoms with Gasteiger partial charge in [-0.3, -0.25) is 4.79 Å². The van der Waals surface area contributed by atoms with Crippen LogP contribution in [0.3, 0.4) is 0 Å². The maximum Gasteiger partial charge on any atom is 0.260 e. The highest BCUT2D eigenvalue weighted by atomic mass is 127. The lowest BCUT2D eigenvalue weighted by molar-refractivity contribution is 0.296. The van der Waals surface area contributed by atoms with Crippen LogP contribution in [0.25, 0.3) is 11.0 Å². The first-order chi connectivity index (χ1) is 9.72. The summed E-state index contributed by atoms with van der Waals surface area (Å²) in [5.74, 6) is 1.19. The van der Waals surface area contributed by atoms with Crippen LogP contribution in [0.4, 0.5) is 0 Å².